The maximum Gasteiger partial charge on any atom is 0.243 e. The van der Waals surface area contributed by atoms with Crippen molar-refractivity contribution in [1.82, 2.24) is 10.2 Å². The van der Waals surface area contributed by atoms with Gasteiger partial charge in [-0.3, -0.25) is 14.4 Å². The van der Waals surface area contributed by atoms with Crippen molar-refractivity contribution >= 4 is 17.6 Å². The summed E-state index contributed by atoms with van der Waals surface area (Å²) in [6.45, 7) is 0.160. The van der Waals surface area contributed by atoms with Crippen molar-refractivity contribution in [2.24, 2.45) is 11.8 Å². The lowest BCUT2D eigenvalue weighted by molar-refractivity contribution is -0.142. The van der Waals surface area contributed by atoms with Crippen LogP contribution in [0.5, 0.6) is 5.75 Å². The molecule has 4 unspecified atom stereocenters. The van der Waals surface area contributed by atoms with Crippen LogP contribution in [0.15, 0.2) is 109 Å². The highest BCUT2D eigenvalue weighted by molar-refractivity contribution is 6.02. The quantitative estimate of drug-likeness (QED) is 0.245. The van der Waals surface area contributed by atoms with Crippen LogP contribution in [-0.4, -0.2) is 35.6 Å². The Morgan fingerprint density at radius 1 is 0.814 bits per heavy atom. The van der Waals surface area contributed by atoms with Crippen LogP contribution in [0.4, 0.5) is 4.39 Å². The van der Waals surface area contributed by atoms with Gasteiger partial charge in [0.15, 0.2) is 5.78 Å². The molecule has 1 aliphatic carbocycles. The van der Waals surface area contributed by atoms with Gasteiger partial charge in [0, 0.05) is 23.9 Å². The second kappa shape index (κ2) is 12.2. The molecule has 1 saturated carbocycles. The predicted molar refractivity (Wildman–Crippen MR) is 161 cm³/mol. The van der Waals surface area contributed by atoms with E-state index in [2.05, 4.69) is 5.32 Å². The molecule has 4 aromatic rings. The number of halogens is 1. The van der Waals surface area contributed by atoms with E-state index in [4.69, 9.17) is 4.74 Å². The summed E-state index contributed by atoms with van der Waals surface area (Å²) in [5.41, 5.74) is 2.83. The summed E-state index contributed by atoms with van der Waals surface area (Å²) in [5, 5.41) is 3.01. The van der Waals surface area contributed by atoms with Crippen LogP contribution >= 0.6 is 0 Å². The Morgan fingerprint density at radius 2 is 1.44 bits per heavy atom. The smallest absolute Gasteiger partial charge is 0.243 e. The molecule has 1 N–H and O–H groups in total. The van der Waals surface area contributed by atoms with Gasteiger partial charge in [-0.15, -0.1) is 0 Å². The van der Waals surface area contributed by atoms with Crippen molar-refractivity contribution in [2.75, 3.05) is 7.11 Å². The summed E-state index contributed by atoms with van der Waals surface area (Å²) in [7, 11) is 1.59. The molecule has 4 aromatic carbocycles. The molecule has 1 saturated heterocycles. The topological polar surface area (TPSA) is 75.7 Å². The van der Waals surface area contributed by atoms with Crippen LogP contribution < -0.4 is 10.1 Å². The normalized spacial score (nSPS) is 21.3. The zero-order chi connectivity index (χ0) is 29.9. The lowest BCUT2D eigenvalue weighted by Crippen LogP contribution is -2.49. The maximum absolute atomic E-state index is 14.5. The van der Waals surface area contributed by atoms with E-state index in [0.29, 0.717) is 11.3 Å². The number of ketones is 1. The number of methoxy groups -OCH3 is 1. The van der Waals surface area contributed by atoms with Crippen LogP contribution in [0.25, 0.3) is 0 Å². The van der Waals surface area contributed by atoms with Gasteiger partial charge in [0.1, 0.15) is 17.6 Å². The molecule has 0 radical (unpaired) electrons. The number of Topliss-reactive ketones (excluding diaryl/α,β-unsaturated/α-hetero) is 1. The number of carbonyl (C=O) groups is 3. The summed E-state index contributed by atoms with van der Waals surface area (Å²) in [6, 6.07) is 30.3. The zero-order valence-corrected chi connectivity index (χ0v) is 23.9. The van der Waals surface area contributed by atoms with E-state index in [0.717, 1.165) is 29.5 Å². The first-order chi connectivity index (χ1) is 21.0. The second-order valence-electron chi connectivity index (χ2n) is 11.2. The number of amides is 2. The first-order valence-electron chi connectivity index (χ1n) is 14.6. The average molecular weight is 577 g/mol. The highest BCUT2D eigenvalue weighted by Crippen LogP contribution is 2.53. The molecule has 2 aliphatic rings. The second-order valence-corrected chi connectivity index (χ2v) is 11.2. The number of likely N-dealkylation sites (tertiary alicyclic amines) is 1. The van der Waals surface area contributed by atoms with Crippen LogP contribution in [0, 0.1) is 17.7 Å². The highest BCUT2D eigenvalue weighted by Gasteiger charge is 2.58. The van der Waals surface area contributed by atoms with E-state index in [1.54, 1.807) is 36.3 Å². The maximum atomic E-state index is 14.5. The van der Waals surface area contributed by atoms with E-state index < -0.39 is 23.9 Å². The van der Waals surface area contributed by atoms with E-state index >= 15 is 0 Å². The fourth-order valence-electron chi connectivity index (χ4n) is 6.25. The minimum atomic E-state index is -0.944. The third kappa shape index (κ3) is 5.80. The first-order valence-corrected chi connectivity index (χ1v) is 14.6. The van der Waals surface area contributed by atoms with Crippen LogP contribution in [-0.2, 0) is 16.1 Å². The molecule has 0 bridgehead atoms. The van der Waals surface area contributed by atoms with Crippen molar-refractivity contribution in [3.63, 3.8) is 0 Å². The molecule has 6 rings (SSSR count). The molecule has 2 amide bonds. The average Bonchev–Trinajstić information content (AvgIpc) is 3.85. The standard InChI is InChI=1S/C36H33FN2O4/c1-43-29-20-16-25(17-21-29)32-31(34(40)26-10-6-3-7-11-26)30(24-8-4-2-5-9-24)33(39(32)36(42)27-14-15-27)35(41)38-22-23-12-18-28(37)19-13-23/h2-13,16-21,27,30-33H,14-15,22H2,1H3,(H,38,41). The summed E-state index contributed by atoms with van der Waals surface area (Å²) >= 11 is 0. The Balaban J connectivity index is 1.50. The molecule has 1 heterocycles. The molecule has 7 heteroatoms. The van der Waals surface area contributed by atoms with Gasteiger partial charge in [-0.25, -0.2) is 4.39 Å². The number of benzene rings is 4. The number of hydrogen-bond donors (Lipinski definition) is 1. The molecule has 43 heavy (non-hydrogen) atoms. The molecule has 6 nitrogen and oxygen atoms in total. The summed E-state index contributed by atoms with van der Waals surface area (Å²) < 4.78 is 18.9. The number of carbonyl (C=O) groups excluding carboxylic acids is 3. The van der Waals surface area contributed by atoms with Crippen molar-refractivity contribution in [2.45, 2.75) is 37.4 Å². The lowest BCUT2D eigenvalue weighted by atomic mass is 9.76. The number of ether oxygens (including phenoxy) is 1. The van der Waals surface area contributed by atoms with Gasteiger partial charge in [0.2, 0.25) is 11.8 Å². The molecule has 0 spiro atoms. The third-order valence-corrected chi connectivity index (χ3v) is 8.50. The fraction of sp³-hybridized carbons (Fsp3) is 0.250. The minimum Gasteiger partial charge on any atom is -0.497 e. The van der Waals surface area contributed by atoms with Crippen LogP contribution in [0.3, 0.4) is 0 Å². The Labute approximate surface area is 250 Å². The van der Waals surface area contributed by atoms with Gasteiger partial charge in [0.05, 0.1) is 19.1 Å². The van der Waals surface area contributed by atoms with Crippen LogP contribution in [0.2, 0.25) is 0 Å². The molecule has 218 valence electrons. The molecule has 0 aromatic heterocycles. The van der Waals surface area contributed by atoms with E-state index in [-0.39, 0.29) is 35.9 Å². The zero-order valence-electron chi connectivity index (χ0n) is 23.9. The van der Waals surface area contributed by atoms with Crippen molar-refractivity contribution in [3.8, 4) is 5.75 Å². The van der Waals surface area contributed by atoms with Crippen molar-refractivity contribution < 1.29 is 23.5 Å². The van der Waals surface area contributed by atoms with Gasteiger partial charge < -0.3 is 15.0 Å². The molecular weight excluding hydrogens is 543 g/mol. The molecule has 1 aliphatic heterocycles. The number of rotatable bonds is 9. The van der Waals surface area contributed by atoms with Gasteiger partial charge in [0.25, 0.3) is 0 Å². The van der Waals surface area contributed by atoms with E-state index in [1.165, 1.54) is 12.1 Å². The number of nitrogens with zero attached hydrogens (tertiary/aromatic N) is 1. The van der Waals surface area contributed by atoms with Gasteiger partial charge in [-0.1, -0.05) is 84.9 Å². The molecular formula is C36H33FN2O4. The first kappa shape index (κ1) is 28.3. The Bertz CT molecular complexity index is 1590. The van der Waals surface area contributed by atoms with Crippen molar-refractivity contribution in [1.29, 1.82) is 0 Å². The number of hydrogen-bond acceptors (Lipinski definition) is 4. The molecule has 2 fully saturated rings. The van der Waals surface area contributed by atoms with Crippen molar-refractivity contribution in [3.05, 3.63) is 137 Å². The monoisotopic (exact) mass is 576 g/mol. The minimum absolute atomic E-state index is 0.118. The van der Waals surface area contributed by atoms with Gasteiger partial charge in [-0.2, -0.15) is 0 Å². The fourth-order valence-corrected chi connectivity index (χ4v) is 6.25. The van der Waals surface area contributed by atoms with E-state index in [9.17, 15) is 18.8 Å². The summed E-state index contributed by atoms with van der Waals surface area (Å²) in [4.78, 5) is 44.7. The van der Waals surface area contributed by atoms with Crippen LogP contribution in [0.1, 0.15) is 51.8 Å². The van der Waals surface area contributed by atoms with E-state index in [1.807, 2.05) is 72.8 Å². The SMILES string of the molecule is COc1ccc(C2C(C(=O)c3ccccc3)C(c3ccccc3)C(C(=O)NCc3ccc(F)cc3)N2C(=O)C2CC2)cc1. The molecule has 4 atom stereocenters. The Morgan fingerprint density at radius 3 is 2.05 bits per heavy atom. The largest absolute Gasteiger partial charge is 0.497 e. The Hall–Kier alpha value is -4.78. The predicted octanol–water partition coefficient (Wildman–Crippen LogP) is 6.10. The Kier molecular flexibility index (Phi) is 8.05. The van der Waals surface area contributed by atoms with Gasteiger partial charge in [-0.05, 0) is 53.8 Å². The summed E-state index contributed by atoms with van der Waals surface area (Å²) in [5.74, 6) is -1.84. The lowest BCUT2D eigenvalue weighted by Gasteiger charge is -2.32. The van der Waals surface area contributed by atoms with Gasteiger partial charge >= 0.3 is 0 Å². The number of nitrogens with one attached hydrogen (secondary N) is 1. The summed E-state index contributed by atoms with van der Waals surface area (Å²) in [6.07, 6.45) is 1.50. The highest BCUT2D eigenvalue weighted by atomic mass is 19.1. The third-order valence-electron chi connectivity index (χ3n) is 8.50.